The molecule has 4 aliphatic heterocycles. The van der Waals surface area contributed by atoms with Gasteiger partial charge in [-0.25, -0.2) is 0 Å². The van der Waals surface area contributed by atoms with Crippen LogP contribution < -0.4 is 0 Å². The van der Waals surface area contributed by atoms with E-state index in [9.17, 15) is 4.79 Å². The molecule has 0 radical (unpaired) electrons. The number of carbonyl (C=O) groups excluding carboxylic acids is 1. The van der Waals surface area contributed by atoms with Crippen molar-refractivity contribution in [3.63, 3.8) is 0 Å². The Morgan fingerprint density at radius 1 is 1.30 bits per heavy atom. The molecule has 0 aliphatic carbocycles. The fourth-order valence-electron chi connectivity index (χ4n) is 4.04. The predicted octanol–water partition coefficient (Wildman–Crippen LogP) is 1.83. The molecule has 1 spiro atoms. The van der Waals surface area contributed by atoms with Gasteiger partial charge in [0.05, 0.1) is 12.5 Å². The highest BCUT2D eigenvalue weighted by molar-refractivity contribution is 6.74. The van der Waals surface area contributed by atoms with Gasteiger partial charge < -0.3 is 23.4 Å². The molecular weight excluding hydrogens is 316 g/mol. The molecule has 0 aromatic heterocycles. The Labute approximate surface area is 137 Å². The predicted molar refractivity (Wildman–Crippen MR) is 83.4 cm³/mol. The second kappa shape index (κ2) is 4.38. The molecule has 6 atom stereocenters. The Morgan fingerprint density at radius 3 is 2.61 bits per heavy atom. The number of rotatable bonds is 4. The first-order valence-corrected chi connectivity index (χ1v) is 11.2. The number of epoxide rings is 1. The standard InChI is InChI=1S/C16H26O6Si/c1-14(2,3)23(5,6)19-8-10-16-9(13(17)20-10)7-15(18-4,22-16)11-12(16)21-11/h9-12H,7-8H2,1-6H3/t9-,10+,11+,12-,15-,16-/m0/s1. The number of carbonyl (C=O) groups is 1. The minimum absolute atomic E-state index is 0.0754. The molecule has 6 nitrogen and oxygen atoms in total. The van der Waals surface area contributed by atoms with E-state index in [1.165, 1.54) is 0 Å². The van der Waals surface area contributed by atoms with Crippen LogP contribution in [0, 0.1) is 5.92 Å². The molecule has 0 saturated carbocycles. The van der Waals surface area contributed by atoms with Crippen LogP contribution >= 0.6 is 0 Å². The van der Waals surface area contributed by atoms with Crippen molar-refractivity contribution in [1.29, 1.82) is 0 Å². The molecule has 0 N–H and O–H groups in total. The van der Waals surface area contributed by atoms with Gasteiger partial charge >= 0.3 is 5.97 Å². The molecule has 7 heteroatoms. The summed E-state index contributed by atoms with van der Waals surface area (Å²) in [5.74, 6) is -1.29. The van der Waals surface area contributed by atoms with Crippen LogP contribution in [-0.2, 0) is 28.2 Å². The molecule has 4 heterocycles. The summed E-state index contributed by atoms with van der Waals surface area (Å²) in [5.41, 5.74) is -0.722. The fraction of sp³-hybridized carbons (Fsp3) is 0.938. The second-order valence-corrected chi connectivity index (χ2v) is 13.5. The van der Waals surface area contributed by atoms with Crippen molar-refractivity contribution in [2.75, 3.05) is 13.7 Å². The summed E-state index contributed by atoms with van der Waals surface area (Å²) in [6, 6.07) is 0. The van der Waals surface area contributed by atoms with Gasteiger partial charge in [0.2, 0.25) is 0 Å². The van der Waals surface area contributed by atoms with E-state index in [0.29, 0.717) is 13.0 Å². The van der Waals surface area contributed by atoms with Crippen LogP contribution in [0.15, 0.2) is 0 Å². The van der Waals surface area contributed by atoms with Crippen LogP contribution in [0.2, 0.25) is 18.1 Å². The lowest BCUT2D eigenvalue weighted by Crippen LogP contribution is -2.51. The second-order valence-electron chi connectivity index (χ2n) is 8.70. The summed E-state index contributed by atoms with van der Waals surface area (Å²) in [4.78, 5) is 12.3. The maximum atomic E-state index is 12.3. The third-order valence-corrected chi connectivity index (χ3v) is 11.0. The molecule has 0 aromatic carbocycles. The number of esters is 1. The van der Waals surface area contributed by atoms with Gasteiger partial charge in [-0.15, -0.1) is 0 Å². The Morgan fingerprint density at radius 2 is 2.00 bits per heavy atom. The summed E-state index contributed by atoms with van der Waals surface area (Å²) in [6.45, 7) is 11.3. The minimum atomic E-state index is -1.92. The number of hydrogen-bond donors (Lipinski definition) is 0. The quantitative estimate of drug-likeness (QED) is 0.441. The molecule has 2 bridgehead atoms. The van der Waals surface area contributed by atoms with Gasteiger partial charge in [-0.2, -0.15) is 0 Å². The Balaban J connectivity index is 1.56. The summed E-state index contributed by atoms with van der Waals surface area (Å²) < 4.78 is 29.6. The van der Waals surface area contributed by atoms with Crippen LogP contribution in [0.5, 0.6) is 0 Å². The molecule has 4 rings (SSSR count). The molecule has 4 saturated heterocycles. The van der Waals surface area contributed by atoms with Crippen molar-refractivity contribution in [2.45, 2.75) is 75.0 Å². The lowest BCUT2D eigenvalue weighted by atomic mass is 9.76. The van der Waals surface area contributed by atoms with Crippen molar-refractivity contribution in [1.82, 2.24) is 0 Å². The molecule has 4 fully saturated rings. The third kappa shape index (κ3) is 1.85. The zero-order valence-corrected chi connectivity index (χ0v) is 15.7. The van der Waals surface area contributed by atoms with E-state index in [-0.39, 0.29) is 29.1 Å². The Bertz CT molecular complexity index is 557. The number of methoxy groups -OCH3 is 1. The van der Waals surface area contributed by atoms with E-state index in [1.54, 1.807) is 7.11 Å². The normalized spacial score (nSPS) is 47.5. The first kappa shape index (κ1) is 16.0. The number of fused-ring (bicyclic) bond motifs is 3. The summed E-state index contributed by atoms with van der Waals surface area (Å²) in [6.07, 6.45) is -0.0852. The summed E-state index contributed by atoms with van der Waals surface area (Å²) in [5, 5.41) is 0.105. The molecular formula is C16H26O6Si. The van der Waals surface area contributed by atoms with Crippen molar-refractivity contribution in [3.8, 4) is 0 Å². The molecule has 0 unspecified atom stereocenters. The van der Waals surface area contributed by atoms with Crippen molar-refractivity contribution in [2.24, 2.45) is 5.92 Å². The number of ether oxygens (including phenoxy) is 4. The zero-order valence-electron chi connectivity index (χ0n) is 14.7. The average Bonchev–Trinajstić information content (AvgIpc) is 3.07. The fourth-order valence-corrected chi connectivity index (χ4v) is 5.04. The van der Waals surface area contributed by atoms with E-state index < -0.39 is 25.8 Å². The van der Waals surface area contributed by atoms with Gasteiger partial charge in [0.1, 0.15) is 12.2 Å². The van der Waals surface area contributed by atoms with E-state index in [1.807, 2.05) is 0 Å². The van der Waals surface area contributed by atoms with Crippen molar-refractivity contribution >= 4 is 14.3 Å². The highest BCUT2D eigenvalue weighted by atomic mass is 28.4. The molecule has 0 amide bonds. The van der Waals surface area contributed by atoms with Crippen molar-refractivity contribution in [3.05, 3.63) is 0 Å². The maximum Gasteiger partial charge on any atom is 0.312 e. The monoisotopic (exact) mass is 342 g/mol. The third-order valence-electron chi connectivity index (χ3n) is 6.55. The average molecular weight is 342 g/mol. The van der Waals surface area contributed by atoms with Crippen molar-refractivity contribution < 1.29 is 28.2 Å². The Hall–Kier alpha value is -0.473. The molecule has 23 heavy (non-hydrogen) atoms. The van der Waals surface area contributed by atoms with Gasteiger partial charge in [0.25, 0.3) is 0 Å². The number of hydrogen-bond acceptors (Lipinski definition) is 6. The molecule has 130 valence electrons. The highest BCUT2D eigenvalue weighted by Gasteiger charge is 2.87. The lowest BCUT2D eigenvalue weighted by molar-refractivity contribution is -0.255. The summed E-state index contributed by atoms with van der Waals surface area (Å²) >= 11 is 0. The smallest absolute Gasteiger partial charge is 0.312 e. The van der Waals surface area contributed by atoms with Gasteiger partial charge in [-0.3, -0.25) is 4.79 Å². The topological polar surface area (TPSA) is 66.5 Å². The van der Waals surface area contributed by atoms with Crippen LogP contribution in [-0.4, -0.2) is 57.7 Å². The largest absolute Gasteiger partial charge is 0.456 e. The van der Waals surface area contributed by atoms with Crippen LogP contribution in [0.4, 0.5) is 0 Å². The first-order chi connectivity index (χ1) is 10.6. The van der Waals surface area contributed by atoms with Gasteiger partial charge in [-0.1, -0.05) is 20.8 Å². The van der Waals surface area contributed by atoms with Crippen LogP contribution in [0.1, 0.15) is 27.2 Å². The minimum Gasteiger partial charge on any atom is -0.456 e. The Kier molecular flexibility index (Phi) is 3.05. The maximum absolute atomic E-state index is 12.3. The van der Waals surface area contributed by atoms with E-state index in [2.05, 4.69) is 33.9 Å². The molecule has 4 aliphatic rings. The summed E-state index contributed by atoms with van der Waals surface area (Å²) in [7, 11) is -0.308. The van der Waals surface area contributed by atoms with Crippen LogP contribution in [0.3, 0.4) is 0 Å². The number of cyclic esters (lactones) is 1. The van der Waals surface area contributed by atoms with E-state index >= 15 is 0 Å². The van der Waals surface area contributed by atoms with E-state index in [0.717, 1.165) is 0 Å². The molecule has 0 aromatic rings. The highest BCUT2D eigenvalue weighted by Crippen LogP contribution is 2.67. The van der Waals surface area contributed by atoms with Gasteiger partial charge in [-0.05, 0) is 18.1 Å². The van der Waals surface area contributed by atoms with E-state index in [4.69, 9.17) is 23.4 Å². The van der Waals surface area contributed by atoms with Gasteiger partial charge in [0, 0.05) is 13.5 Å². The van der Waals surface area contributed by atoms with Gasteiger partial charge in [0.15, 0.2) is 25.8 Å². The van der Waals surface area contributed by atoms with Crippen LogP contribution in [0.25, 0.3) is 0 Å². The SMILES string of the molecule is CO[C@@]12C[C@H]3C(=O)O[C@H](CO[Si](C)(C)C(C)(C)C)[C@]3(O1)[C@H]1O[C@H]12. The lowest BCUT2D eigenvalue weighted by Gasteiger charge is -2.38. The zero-order chi connectivity index (χ0) is 16.8. The first-order valence-electron chi connectivity index (χ1n) is 8.33.